The average molecular weight is 366 g/mol. The molecule has 1 aromatic carbocycles. The zero-order valence-electron chi connectivity index (χ0n) is 13.1. The third-order valence-corrected chi connectivity index (χ3v) is 5.51. The lowest BCUT2D eigenvalue weighted by atomic mass is 10.2. The molecule has 0 amide bonds. The van der Waals surface area contributed by atoms with Crippen LogP contribution in [0.1, 0.15) is 10.4 Å². The summed E-state index contributed by atoms with van der Waals surface area (Å²) in [6.45, 7) is 7.01. The highest BCUT2D eigenvalue weighted by atomic mass is 35.5. The summed E-state index contributed by atoms with van der Waals surface area (Å²) in [5.41, 5.74) is 2.29. The first-order chi connectivity index (χ1) is 11.1. The van der Waals surface area contributed by atoms with E-state index in [9.17, 15) is 0 Å². The van der Waals surface area contributed by atoms with Crippen LogP contribution in [0.25, 0.3) is 0 Å². The van der Waals surface area contributed by atoms with Gasteiger partial charge in [-0.25, -0.2) is 0 Å². The van der Waals surface area contributed by atoms with Gasteiger partial charge in [0, 0.05) is 43.3 Å². The van der Waals surface area contributed by atoms with E-state index in [0.717, 1.165) is 47.9 Å². The van der Waals surface area contributed by atoms with Crippen molar-refractivity contribution in [3.8, 4) is 0 Å². The Morgan fingerprint density at radius 3 is 2.65 bits per heavy atom. The fourth-order valence-electron chi connectivity index (χ4n) is 2.69. The van der Waals surface area contributed by atoms with Crippen LogP contribution in [-0.4, -0.2) is 41.1 Å². The molecule has 3 rings (SSSR count). The number of piperazine rings is 1. The fourth-order valence-corrected chi connectivity index (χ4v) is 4.12. The van der Waals surface area contributed by atoms with Gasteiger partial charge in [0.2, 0.25) is 0 Å². The van der Waals surface area contributed by atoms with Gasteiger partial charge in [-0.15, -0.1) is 11.3 Å². The summed E-state index contributed by atoms with van der Waals surface area (Å²) in [7, 11) is 0. The molecule has 0 saturated carbocycles. The molecule has 0 aliphatic carbocycles. The Morgan fingerprint density at radius 2 is 2.00 bits per heavy atom. The first-order valence-corrected chi connectivity index (χ1v) is 9.29. The molecule has 122 valence electrons. The standard InChI is InChI=1S/C17H20ClN3S2/c1-13-3-2-4-14(11-13)19-17(22)21-9-7-20(8-10-21)12-15-5-6-16(18)23-15/h2-6,11H,7-10,12H2,1H3,(H,19,22). The Balaban J connectivity index is 1.49. The van der Waals surface area contributed by atoms with E-state index >= 15 is 0 Å². The Morgan fingerprint density at radius 1 is 1.22 bits per heavy atom. The molecule has 1 aliphatic rings. The lowest BCUT2D eigenvalue weighted by Gasteiger charge is -2.36. The number of anilines is 1. The second-order valence-corrected chi connectivity index (χ2v) is 7.95. The van der Waals surface area contributed by atoms with Crippen LogP contribution >= 0.6 is 35.2 Å². The number of nitrogens with one attached hydrogen (secondary N) is 1. The van der Waals surface area contributed by atoms with Gasteiger partial charge in [0.05, 0.1) is 4.34 Å². The largest absolute Gasteiger partial charge is 0.346 e. The molecule has 0 radical (unpaired) electrons. The first-order valence-electron chi connectivity index (χ1n) is 7.69. The molecular formula is C17H20ClN3S2. The molecule has 0 unspecified atom stereocenters. The molecule has 6 heteroatoms. The predicted molar refractivity (Wildman–Crippen MR) is 104 cm³/mol. The van der Waals surface area contributed by atoms with Crippen LogP contribution < -0.4 is 5.32 Å². The Kier molecular flexibility index (Phi) is 5.54. The number of nitrogens with zero attached hydrogens (tertiary/aromatic N) is 2. The lowest BCUT2D eigenvalue weighted by Crippen LogP contribution is -2.49. The molecule has 2 heterocycles. The van der Waals surface area contributed by atoms with E-state index in [1.165, 1.54) is 10.4 Å². The van der Waals surface area contributed by atoms with Gasteiger partial charge in [-0.3, -0.25) is 4.90 Å². The number of aryl methyl sites for hydroxylation is 1. The van der Waals surface area contributed by atoms with Gasteiger partial charge in [-0.05, 0) is 49.0 Å². The number of hydrogen-bond donors (Lipinski definition) is 1. The maximum absolute atomic E-state index is 6.00. The minimum Gasteiger partial charge on any atom is -0.346 e. The minimum atomic E-state index is 0.814. The molecule has 2 aromatic rings. The van der Waals surface area contributed by atoms with Gasteiger partial charge in [-0.2, -0.15) is 0 Å². The number of thiocarbonyl (C=S) groups is 1. The van der Waals surface area contributed by atoms with Crippen LogP contribution in [0.2, 0.25) is 4.34 Å². The lowest BCUT2D eigenvalue weighted by molar-refractivity contribution is 0.178. The Bertz CT molecular complexity index is 678. The molecule has 1 fully saturated rings. The molecule has 1 saturated heterocycles. The Hall–Kier alpha value is -1.14. The molecule has 1 aliphatic heterocycles. The van der Waals surface area contributed by atoms with Crippen LogP contribution in [0.5, 0.6) is 0 Å². The molecule has 0 spiro atoms. The van der Waals surface area contributed by atoms with E-state index in [1.54, 1.807) is 11.3 Å². The van der Waals surface area contributed by atoms with Crippen molar-refractivity contribution in [2.75, 3.05) is 31.5 Å². The zero-order valence-corrected chi connectivity index (χ0v) is 15.5. The number of hydrogen-bond acceptors (Lipinski definition) is 3. The molecule has 0 atom stereocenters. The van der Waals surface area contributed by atoms with Gasteiger partial charge < -0.3 is 10.2 Å². The van der Waals surface area contributed by atoms with Crippen molar-refractivity contribution < 1.29 is 0 Å². The molecule has 23 heavy (non-hydrogen) atoms. The van der Waals surface area contributed by atoms with Crippen molar-refractivity contribution in [1.29, 1.82) is 0 Å². The van der Waals surface area contributed by atoms with Crippen LogP contribution in [0.15, 0.2) is 36.4 Å². The topological polar surface area (TPSA) is 18.5 Å². The van der Waals surface area contributed by atoms with Crippen LogP contribution in [0.3, 0.4) is 0 Å². The van der Waals surface area contributed by atoms with E-state index in [0.29, 0.717) is 0 Å². The maximum Gasteiger partial charge on any atom is 0.173 e. The first kappa shape index (κ1) is 16.7. The van der Waals surface area contributed by atoms with E-state index in [4.69, 9.17) is 23.8 Å². The predicted octanol–water partition coefficient (Wildman–Crippen LogP) is 4.22. The highest BCUT2D eigenvalue weighted by Gasteiger charge is 2.19. The summed E-state index contributed by atoms with van der Waals surface area (Å²) >= 11 is 13.2. The van der Waals surface area contributed by atoms with Crippen molar-refractivity contribution in [3.63, 3.8) is 0 Å². The summed E-state index contributed by atoms with van der Waals surface area (Å²) in [5.74, 6) is 0. The van der Waals surface area contributed by atoms with E-state index in [2.05, 4.69) is 46.3 Å². The number of benzene rings is 1. The quantitative estimate of drug-likeness (QED) is 0.820. The number of thiophene rings is 1. The van der Waals surface area contributed by atoms with Crippen molar-refractivity contribution >= 4 is 46.0 Å². The summed E-state index contributed by atoms with van der Waals surface area (Å²) < 4.78 is 0.863. The third-order valence-electron chi connectivity index (χ3n) is 3.94. The Labute approximate surface area is 151 Å². The van der Waals surface area contributed by atoms with Gasteiger partial charge in [0.25, 0.3) is 0 Å². The van der Waals surface area contributed by atoms with E-state index in [1.807, 2.05) is 12.1 Å². The highest BCUT2D eigenvalue weighted by Crippen LogP contribution is 2.23. The summed E-state index contributed by atoms with van der Waals surface area (Å²) in [6.07, 6.45) is 0. The molecule has 1 aromatic heterocycles. The van der Waals surface area contributed by atoms with Gasteiger partial charge in [0.15, 0.2) is 5.11 Å². The van der Waals surface area contributed by atoms with E-state index < -0.39 is 0 Å². The number of halogens is 1. The molecular weight excluding hydrogens is 346 g/mol. The fraction of sp³-hybridized carbons (Fsp3) is 0.353. The van der Waals surface area contributed by atoms with Crippen LogP contribution in [-0.2, 0) is 6.54 Å². The smallest absolute Gasteiger partial charge is 0.173 e. The maximum atomic E-state index is 6.00. The zero-order chi connectivity index (χ0) is 16.2. The highest BCUT2D eigenvalue weighted by molar-refractivity contribution is 7.80. The average Bonchev–Trinajstić information content (AvgIpc) is 2.93. The monoisotopic (exact) mass is 365 g/mol. The van der Waals surface area contributed by atoms with E-state index in [-0.39, 0.29) is 0 Å². The summed E-state index contributed by atoms with van der Waals surface area (Å²) in [5, 5.41) is 4.16. The number of rotatable bonds is 3. The van der Waals surface area contributed by atoms with Crippen LogP contribution in [0, 0.1) is 6.92 Å². The summed E-state index contributed by atoms with van der Waals surface area (Å²) in [4.78, 5) is 6.02. The SMILES string of the molecule is Cc1cccc(NC(=S)N2CCN(Cc3ccc(Cl)s3)CC2)c1. The van der Waals surface area contributed by atoms with Crippen molar-refractivity contribution in [2.24, 2.45) is 0 Å². The normalized spacial score (nSPS) is 15.7. The van der Waals surface area contributed by atoms with Crippen molar-refractivity contribution in [1.82, 2.24) is 9.80 Å². The van der Waals surface area contributed by atoms with Gasteiger partial charge >= 0.3 is 0 Å². The van der Waals surface area contributed by atoms with Crippen molar-refractivity contribution in [2.45, 2.75) is 13.5 Å². The van der Waals surface area contributed by atoms with Crippen LogP contribution in [0.4, 0.5) is 5.69 Å². The second-order valence-electron chi connectivity index (χ2n) is 5.77. The van der Waals surface area contributed by atoms with Crippen molar-refractivity contribution in [3.05, 3.63) is 51.2 Å². The van der Waals surface area contributed by atoms with Gasteiger partial charge in [-0.1, -0.05) is 23.7 Å². The molecule has 3 nitrogen and oxygen atoms in total. The second kappa shape index (κ2) is 7.62. The third kappa shape index (κ3) is 4.67. The minimum absolute atomic E-state index is 0.814. The summed E-state index contributed by atoms with van der Waals surface area (Å²) in [6, 6.07) is 12.4. The molecule has 1 N–H and O–H groups in total. The molecule has 0 bridgehead atoms. The van der Waals surface area contributed by atoms with Gasteiger partial charge in [0.1, 0.15) is 0 Å².